The summed E-state index contributed by atoms with van der Waals surface area (Å²) in [6, 6.07) is 0. The van der Waals surface area contributed by atoms with E-state index in [9.17, 15) is 28.8 Å². The predicted octanol–water partition coefficient (Wildman–Crippen LogP) is 3.27. The van der Waals surface area contributed by atoms with Gasteiger partial charge in [-0.05, 0) is 44.4 Å². The summed E-state index contributed by atoms with van der Waals surface area (Å²) >= 11 is 0. The number of nitrogens with zero attached hydrogens (tertiary/aromatic N) is 6. The summed E-state index contributed by atoms with van der Waals surface area (Å²) in [5.41, 5.74) is -3.21. The van der Waals surface area contributed by atoms with Crippen LogP contribution in [-0.4, -0.2) is 27.4 Å². The standard InChI is InChI=1S/C17H27N3O3.C16H25N3O3/c1-5-8-11-18-15(21)19(12-9-6-2)17(23)20(16(18)22)13-10-14(4)7-3;1-4-7-10-13-19-15(21)17(11-8-5-2)14(20)18(16(19)22)12-9-6-3/h5-6,14H,1-2,7-13H2,3-4H3;5-6H,2-4,7-13H2,1H3. The van der Waals surface area contributed by atoms with Gasteiger partial charge in [-0.1, -0.05) is 64.3 Å². The van der Waals surface area contributed by atoms with Crippen LogP contribution < -0.4 is 34.1 Å². The van der Waals surface area contributed by atoms with Gasteiger partial charge in [0.05, 0.1) is 0 Å². The minimum absolute atomic E-state index is 0.235. The van der Waals surface area contributed by atoms with E-state index < -0.39 is 34.1 Å². The van der Waals surface area contributed by atoms with Crippen LogP contribution in [0.25, 0.3) is 0 Å². The smallest absolute Gasteiger partial charge is 0.247 e. The molecule has 0 aliphatic rings. The van der Waals surface area contributed by atoms with E-state index in [-0.39, 0.29) is 26.2 Å². The topological polar surface area (TPSA) is 132 Å². The van der Waals surface area contributed by atoms with Gasteiger partial charge in [0.15, 0.2) is 0 Å². The van der Waals surface area contributed by atoms with Crippen molar-refractivity contribution in [2.75, 3.05) is 0 Å². The Bertz CT molecular complexity index is 1530. The Morgan fingerprint density at radius 2 is 0.778 bits per heavy atom. The lowest BCUT2D eigenvalue weighted by atomic mass is 10.1. The van der Waals surface area contributed by atoms with Gasteiger partial charge >= 0.3 is 34.1 Å². The maximum atomic E-state index is 12.5. The maximum Gasteiger partial charge on any atom is 0.336 e. The normalized spacial score (nSPS) is 11.4. The van der Waals surface area contributed by atoms with Crippen LogP contribution in [0.4, 0.5) is 0 Å². The lowest BCUT2D eigenvalue weighted by Crippen LogP contribution is -2.54. The molecule has 0 N–H and O–H groups in total. The first-order valence-corrected chi connectivity index (χ1v) is 15.9. The Balaban J connectivity index is 0.000000450. The van der Waals surface area contributed by atoms with Crippen LogP contribution in [0.5, 0.6) is 0 Å². The summed E-state index contributed by atoms with van der Waals surface area (Å²) in [5, 5.41) is 0. The molecule has 12 heteroatoms. The lowest BCUT2D eigenvalue weighted by Gasteiger charge is -2.14. The molecule has 0 saturated carbocycles. The fourth-order valence-corrected chi connectivity index (χ4v) is 4.47. The number of allylic oxidation sites excluding steroid dienone is 4. The summed E-state index contributed by atoms with van der Waals surface area (Å²) in [4.78, 5) is 74.6. The van der Waals surface area contributed by atoms with Crippen molar-refractivity contribution in [2.24, 2.45) is 5.92 Å². The number of hydrogen-bond acceptors (Lipinski definition) is 6. The zero-order chi connectivity index (χ0) is 33.9. The Morgan fingerprint density at radius 1 is 0.489 bits per heavy atom. The first kappa shape index (κ1) is 38.8. The summed E-state index contributed by atoms with van der Waals surface area (Å²) in [5.74, 6) is 0.413. The van der Waals surface area contributed by atoms with Gasteiger partial charge in [-0.25, -0.2) is 56.2 Å². The third kappa shape index (κ3) is 11.0. The van der Waals surface area contributed by atoms with Gasteiger partial charge in [-0.15, -0.1) is 26.3 Å². The molecule has 0 aliphatic heterocycles. The van der Waals surface area contributed by atoms with Crippen LogP contribution in [0.2, 0.25) is 0 Å². The van der Waals surface area contributed by atoms with E-state index in [1.165, 1.54) is 9.13 Å². The Kier molecular flexibility index (Phi) is 17.8. The highest BCUT2D eigenvalue weighted by Crippen LogP contribution is 2.06. The quantitative estimate of drug-likeness (QED) is 0.163. The minimum Gasteiger partial charge on any atom is -0.247 e. The van der Waals surface area contributed by atoms with Gasteiger partial charge in [0.1, 0.15) is 0 Å². The first-order chi connectivity index (χ1) is 21.6. The van der Waals surface area contributed by atoms with Crippen molar-refractivity contribution in [2.45, 2.75) is 118 Å². The van der Waals surface area contributed by atoms with E-state index in [0.717, 1.165) is 50.4 Å². The molecule has 0 aromatic carbocycles. The molecule has 1 unspecified atom stereocenters. The molecule has 0 fully saturated rings. The molecule has 250 valence electrons. The molecule has 0 saturated heterocycles. The molecule has 0 radical (unpaired) electrons. The number of unbranched alkanes of at least 4 members (excludes halogenated alkanes) is 2. The molecule has 2 rings (SSSR count). The maximum absolute atomic E-state index is 12.5. The fourth-order valence-electron chi connectivity index (χ4n) is 4.47. The summed E-state index contributed by atoms with van der Waals surface area (Å²) in [6.45, 7) is 22.2. The predicted molar refractivity (Wildman–Crippen MR) is 181 cm³/mol. The van der Waals surface area contributed by atoms with E-state index in [1.54, 1.807) is 24.3 Å². The molecule has 0 amide bonds. The molecule has 2 aromatic heterocycles. The average molecular weight is 629 g/mol. The van der Waals surface area contributed by atoms with Gasteiger partial charge in [0.25, 0.3) is 0 Å². The summed E-state index contributed by atoms with van der Waals surface area (Å²) < 4.78 is 6.85. The number of hydrogen-bond donors (Lipinski definition) is 0. The fraction of sp³-hybridized carbons (Fsp3) is 0.576. The van der Waals surface area contributed by atoms with Gasteiger partial charge in [-0.3, -0.25) is 0 Å². The van der Waals surface area contributed by atoms with Crippen LogP contribution in [0.15, 0.2) is 79.4 Å². The van der Waals surface area contributed by atoms with E-state index in [0.29, 0.717) is 44.7 Å². The average Bonchev–Trinajstić information content (AvgIpc) is 3.02. The third-order valence-electron chi connectivity index (χ3n) is 7.53. The molecule has 1 atom stereocenters. The molecule has 0 aliphatic carbocycles. The van der Waals surface area contributed by atoms with Crippen molar-refractivity contribution in [3.05, 3.63) is 114 Å². The first-order valence-electron chi connectivity index (χ1n) is 15.9. The number of aromatic nitrogens is 6. The van der Waals surface area contributed by atoms with Crippen molar-refractivity contribution < 1.29 is 0 Å². The van der Waals surface area contributed by atoms with Crippen molar-refractivity contribution in [1.29, 1.82) is 0 Å². The highest BCUT2D eigenvalue weighted by molar-refractivity contribution is 4.83. The van der Waals surface area contributed by atoms with Crippen molar-refractivity contribution in [3.8, 4) is 0 Å². The zero-order valence-electron chi connectivity index (χ0n) is 27.5. The highest BCUT2D eigenvalue weighted by Gasteiger charge is 2.16. The molecule has 2 heterocycles. The van der Waals surface area contributed by atoms with Crippen molar-refractivity contribution >= 4 is 0 Å². The van der Waals surface area contributed by atoms with E-state index in [2.05, 4.69) is 47.1 Å². The third-order valence-corrected chi connectivity index (χ3v) is 7.53. The monoisotopic (exact) mass is 628 g/mol. The molecule has 0 bridgehead atoms. The lowest BCUT2D eigenvalue weighted by molar-refractivity contribution is 0.404. The number of rotatable bonds is 20. The molecule has 2 aromatic rings. The van der Waals surface area contributed by atoms with Gasteiger partial charge in [0, 0.05) is 39.3 Å². The van der Waals surface area contributed by atoms with Crippen LogP contribution >= 0.6 is 0 Å². The Morgan fingerprint density at radius 3 is 1.04 bits per heavy atom. The second-order valence-corrected chi connectivity index (χ2v) is 10.9. The van der Waals surface area contributed by atoms with Gasteiger partial charge in [-0.2, -0.15) is 0 Å². The van der Waals surface area contributed by atoms with Gasteiger partial charge in [0.2, 0.25) is 0 Å². The Labute approximate surface area is 264 Å². The second kappa shape index (κ2) is 20.7. The zero-order valence-corrected chi connectivity index (χ0v) is 27.5. The largest absolute Gasteiger partial charge is 0.336 e. The van der Waals surface area contributed by atoms with Crippen LogP contribution in [0.1, 0.15) is 78.6 Å². The minimum atomic E-state index is -0.552. The molecule has 0 spiro atoms. The van der Waals surface area contributed by atoms with Crippen LogP contribution in [0, 0.1) is 5.92 Å². The van der Waals surface area contributed by atoms with E-state index in [4.69, 9.17) is 0 Å². The molecular formula is C33H52N6O6. The molecule has 12 nitrogen and oxygen atoms in total. The van der Waals surface area contributed by atoms with Crippen LogP contribution in [-0.2, 0) is 39.3 Å². The Hall–Kier alpha value is -4.22. The molecule has 45 heavy (non-hydrogen) atoms. The highest BCUT2D eigenvalue weighted by atomic mass is 16.2. The second-order valence-electron chi connectivity index (χ2n) is 10.9. The van der Waals surface area contributed by atoms with Gasteiger partial charge < -0.3 is 0 Å². The van der Waals surface area contributed by atoms with E-state index >= 15 is 0 Å². The summed E-state index contributed by atoms with van der Waals surface area (Å²) in [6.07, 6.45) is 13.0. The molecular weight excluding hydrogens is 576 g/mol. The summed E-state index contributed by atoms with van der Waals surface area (Å²) in [7, 11) is 0. The SMILES string of the molecule is C=CCCn1c(=O)n(CCC=C)c(=O)n(CCC(C)CC)c1=O.C=CCCn1c(=O)n(CCC=C)c(=O)n(CCCCC)c1=O. The van der Waals surface area contributed by atoms with Crippen molar-refractivity contribution in [1.82, 2.24) is 27.4 Å². The van der Waals surface area contributed by atoms with Crippen molar-refractivity contribution in [3.63, 3.8) is 0 Å². The van der Waals surface area contributed by atoms with E-state index in [1.807, 2.05) is 0 Å². The van der Waals surface area contributed by atoms with Crippen LogP contribution in [0.3, 0.4) is 0 Å².